The van der Waals surface area contributed by atoms with Crippen molar-refractivity contribution >= 4 is 9.84 Å². The first-order valence-corrected chi connectivity index (χ1v) is 6.07. The SMILES string of the molecule is CCS(=O)(=O)C(F)(F)C(O)Cn1cncn1. The number of hydrogen-bond donors (Lipinski definition) is 1. The highest BCUT2D eigenvalue weighted by Gasteiger charge is 2.50. The monoisotopic (exact) mass is 255 g/mol. The summed E-state index contributed by atoms with van der Waals surface area (Å²) in [5, 5.41) is 8.51. The number of aliphatic hydroxyl groups is 1. The van der Waals surface area contributed by atoms with Crippen LogP contribution < -0.4 is 0 Å². The van der Waals surface area contributed by atoms with Gasteiger partial charge in [-0.3, -0.25) is 4.68 Å². The topological polar surface area (TPSA) is 85.1 Å². The average molecular weight is 255 g/mol. The Bertz CT molecular complexity index is 432. The fourth-order valence-electron chi connectivity index (χ4n) is 1.01. The van der Waals surface area contributed by atoms with Crippen molar-refractivity contribution in [2.45, 2.75) is 24.8 Å². The molecule has 0 bridgehead atoms. The highest BCUT2D eigenvalue weighted by atomic mass is 32.2. The van der Waals surface area contributed by atoms with Crippen LogP contribution in [-0.2, 0) is 16.4 Å². The minimum absolute atomic E-state index is 0.633. The fraction of sp³-hybridized carbons (Fsp3) is 0.714. The van der Waals surface area contributed by atoms with Crippen molar-refractivity contribution in [3.63, 3.8) is 0 Å². The summed E-state index contributed by atoms with van der Waals surface area (Å²) >= 11 is 0. The maximum Gasteiger partial charge on any atom is 0.372 e. The number of nitrogens with zero attached hydrogens (tertiary/aromatic N) is 3. The van der Waals surface area contributed by atoms with Crippen LogP contribution in [0.15, 0.2) is 12.7 Å². The van der Waals surface area contributed by atoms with E-state index in [1.54, 1.807) is 0 Å². The fourth-order valence-corrected chi connectivity index (χ4v) is 1.88. The third-order valence-corrected chi connectivity index (χ3v) is 3.87. The summed E-state index contributed by atoms with van der Waals surface area (Å²) in [4.78, 5) is 3.49. The Morgan fingerprint density at radius 1 is 1.56 bits per heavy atom. The standard InChI is InChI=1S/C7H11F2N3O3S/c1-2-16(14,15)7(8,9)6(13)3-12-5-10-4-11-12/h4-6,13H,2-3H2,1H3. The minimum atomic E-state index is -4.64. The number of sulfone groups is 1. The molecular weight excluding hydrogens is 244 g/mol. The zero-order valence-corrected chi connectivity index (χ0v) is 9.23. The van der Waals surface area contributed by atoms with Crippen molar-refractivity contribution < 1.29 is 22.3 Å². The Kier molecular flexibility index (Phi) is 3.58. The zero-order chi connectivity index (χ0) is 12.4. The van der Waals surface area contributed by atoms with Gasteiger partial charge in [0.2, 0.25) is 9.84 Å². The molecule has 1 aromatic rings. The second-order valence-electron chi connectivity index (χ2n) is 3.10. The first-order valence-electron chi connectivity index (χ1n) is 4.42. The first kappa shape index (κ1) is 13.0. The van der Waals surface area contributed by atoms with Crippen LogP contribution in [0.5, 0.6) is 0 Å². The van der Waals surface area contributed by atoms with Crippen molar-refractivity contribution in [3.8, 4) is 0 Å². The van der Waals surface area contributed by atoms with E-state index in [0.29, 0.717) is 0 Å². The Morgan fingerprint density at radius 2 is 2.19 bits per heavy atom. The van der Waals surface area contributed by atoms with Crippen LogP contribution in [0.1, 0.15) is 6.92 Å². The quantitative estimate of drug-likeness (QED) is 0.778. The van der Waals surface area contributed by atoms with Crippen LogP contribution in [-0.4, -0.2) is 45.4 Å². The maximum atomic E-state index is 13.3. The van der Waals surface area contributed by atoms with Crippen molar-refractivity contribution in [1.29, 1.82) is 0 Å². The molecule has 9 heteroatoms. The molecule has 16 heavy (non-hydrogen) atoms. The van der Waals surface area contributed by atoms with E-state index >= 15 is 0 Å². The average Bonchev–Trinajstić information content (AvgIpc) is 2.70. The molecule has 0 fully saturated rings. The van der Waals surface area contributed by atoms with E-state index < -0.39 is 33.5 Å². The van der Waals surface area contributed by atoms with Gasteiger partial charge in [-0.15, -0.1) is 0 Å². The van der Waals surface area contributed by atoms with E-state index in [1.807, 2.05) is 0 Å². The molecular formula is C7H11F2N3O3S. The molecule has 0 saturated heterocycles. The molecule has 0 amide bonds. The van der Waals surface area contributed by atoms with Gasteiger partial charge in [-0.05, 0) is 0 Å². The third kappa shape index (κ3) is 2.35. The smallest absolute Gasteiger partial charge is 0.372 e. The van der Waals surface area contributed by atoms with Crippen LogP contribution in [0.25, 0.3) is 0 Å². The lowest BCUT2D eigenvalue weighted by molar-refractivity contribution is -0.0506. The molecule has 0 aliphatic rings. The second kappa shape index (κ2) is 4.42. The van der Waals surface area contributed by atoms with Gasteiger partial charge < -0.3 is 5.11 Å². The van der Waals surface area contributed by atoms with E-state index in [9.17, 15) is 22.3 Å². The number of hydrogen-bond acceptors (Lipinski definition) is 5. The van der Waals surface area contributed by atoms with E-state index in [1.165, 1.54) is 0 Å². The zero-order valence-electron chi connectivity index (χ0n) is 8.42. The van der Waals surface area contributed by atoms with Crippen LogP contribution in [0.4, 0.5) is 8.78 Å². The molecule has 1 heterocycles. The van der Waals surface area contributed by atoms with Gasteiger partial charge in [0.1, 0.15) is 12.7 Å². The molecule has 1 rings (SSSR count). The molecule has 0 saturated carbocycles. The molecule has 6 nitrogen and oxygen atoms in total. The Balaban J connectivity index is 2.84. The first-order chi connectivity index (χ1) is 7.31. The maximum absolute atomic E-state index is 13.3. The van der Waals surface area contributed by atoms with Gasteiger partial charge in [0.05, 0.1) is 12.3 Å². The number of aliphatic hydroxyl groups excluding tert-OH is 1. The number of rotatable bonds is 5. The summed E-state index contributed by atoms with van der Waals surface area (Å²) in [6, 6.07) is 0. The third-order valence-electron chi connectivity index (χ3n) is 2.01. The van der Waals surface area contributed by atoms with Gasteiger partial charge in [-0.25, -0.2) is 13.4 Å². The number of alkyl halides is 2. The summed E-state index contributed by atoms with van der Waals surface area (Å²) in [7, 11) is -4.64. The molecule has 0 aliphatic carbocycles. The van der Waals surface area contributed by atoms with E-state index in [2.05, 4.69) is 10.1 Å². The summed E-state index contributed by atoms with van der Waals surface area (Å²) < 4.78 is 49.6. The minimum Gasteiger partial charge on any atom is -0.384 e. The van der Waals surface area contributed by atoms with Crippen LogP contribution in [0.3, 0.4) is 0 Å². The summed E-state index contributed by atoms with van der Waals surface area (Å²) in [6.07, 6.45) is -0.143. The predicted molar refractivity (Wildman–Crippen MR) is 50.4 cm³/mol. The summed E-state index contributed by atoms with van der Waals surface area (Å²) in [6.45, 7) is 0.456. The lowest BCUT2D eigenvalue weighted by atomic mass is 10.4. The number of halogens is 2. The van der Waals surface area contributed by atoms with Gasteiger partial charge in [-0.2, -0.15) is 13.9 Å². The van der Waals surface area contributed by atoms with Crippen LogP contribution in [0, 0.1) is 0 Å². The highest BCUT2D eigenvalue weighted by molar-refractivity contribution is 7.92. The van der Waals surface area contributed by atoms with Gasteiger partial charge in [0.25, 0.3) is 0 Å². The Morgan fingerprint density at radius 3 is 2.62 bits per heavy atom. The molecule has 0 radical (unpaired) electrons. The molecule has 1 unspecified atom stereocenters. The van der Waals surface area contributed by atoms with Gasteiger partial charge >= 0.3 is 5.25 Å². The lowest BCUT2D eigenvalue weighted by Crippen LogP contribution is -2.44. The van der Waals surface area contributed by atoms with Crippen molar-refractivity contribution in [3.05, 3.63) is 12.7 Å². The number of aromatic nitrogens is 3. The molecule has 0 aliphatic heterocycles. The normalized spacial score (nSPS) is 15.0. The van der Waals surface area contributed by atoms with E-state index in [4.69, 9.17) is 0 Å². The predicted octanol–water partition coefficient (Wildman–Crippen LogP) is -0.333. The molecule has 1 N–H and O–H groups in total. The van der Waals surface area contributed by atoms with Gasteiger partial charge in [0.15, 0.2) is 6.10 Å². The molecule has 92 valence electrons. The summed E-state index contributed by atoms with van der Waals surface area (Å²) in [5.41, 5.74) is 0. The molecule has 0 spiro atoms. The van der Waals surface area contributed by atoms with Crippen LogP contribution in [0.2, 0.25) is 0 Å². The Labute approximate surface area is 90.8 Å². The van der Waals surface area contributed by atoms with E-state index in [-0.39, 0.29) is 0 Å². The molecule has 1 aromatic heterocycles. The van der Waals surface area contributed by atoms with Gasteiger partial charge in [-0.1, -0.05) is 6.92 Å². The van der Waals surface area contributed by atoms with Crippen molar-refractivity contribution in [1.82, 2.24) is 14.8 Å². The Hall–Kier alpha value is -1.09. The van der Waals surface area contributed by atoms with Crippen molar-refractivity contribution in [2.24, 2.45) is 0 Å². The van der Waals surface area contributed by atoms with Crippen molar-refractivity contribution in [2.75, 3.05) is 5.75 Å². The van der Waals surface area contributed by atoms with E-state index in [0.717, 1.165) is 24.3 Å². The van der Waals surface area contributed by atoms with Crippen LogP contribution >= 0.6 is 0 Å². The van der Waals surface area contributed by atoms with Gasteiger partial charge in [0, 0.05) is 0 Å². The lowest BCUT2D eigenvalue weighted by Gasteiger charge is -2.21. The summed E-state index contributed by atoms with van der Waals surface area (Å²) in [5.74, 6) is -0.742. The second-order valence-corrected chi connectivity index (χ2v) is 5.45. The molecule has 0 aromatic carbocycles. The molecule has 1 atom stereocenters. The largest absolute Gasteiger partial charge is 0.384 e. The highest BCUT2D eigenvalue weighted by Crippen LogP contribution is 2.27.